The first kappa shape index (κ1) is 30.3. The Bertz CT molecular complexity index is 1330. The van der Waals surface area contributed by atoms with E-state index in [-0.39, 0.29) is 18.2 Å². The SMILES string of the molecule is CC(C)C[C@H](NC(=O)C(Cc1ccccc1)NC(=O)[C@@H]1CCCN1C(=O)C(N)Cc1c[nH]c2ccccc12)B(O)O. The Labute approximate surface area is 240 Å². The quantitative estimate of drug-likeness (QED) is 0.183. The number of carbonyl (C=O) groups excluding carboxylic acids is 3. The van der Waals surface area contributed by atoms with Crippen LogP contribution in [0.4, 0.5) is 0 Å². The largest absolute Gasteiger partial charge is 0.475 e. The molecule has 2 heterocycles. The minimum absolute atomic E-state index is 0.107. The van der Waals surface area contributed by atoms with E-state index in [1.54, 1.807) is 0 Å². The van der Waals surface area contributed by atoms with Crippen molar-refractivity contribution < 1.29 is 24.4 Å². The van der Waals surface area contributed by atoms with Crippen molar-refractivity contribution in [1.29, 1.82) is 0 Å². The minimum Gasteiger partial charge on any atom is -0.426 e. The molecule has 4 rings (SSSR count). The summed E-state index contributed by atoms with van der Waals surface area (Å²) < 4.78 is 0. The van der Waals surface area contributed by atoms with Crippen molar-refractivity contribution in [3.05, 3.63) is 71.9 Å². The standard InChI is InChI=1S/C30H40BN5O5/c1-19(2)15-27(31(40)41)35-28(37)25(16-20-9-4-3-5-10-20)34-29(38)26-13-8-14-36(26)30(39)23(32)17-21-18-33-24-12-7-6-11-22(21)24/h3-7,9-12,18-19,23,25-27,33,40-41H,8,13-17,32H2,1-2H3,(H,34,38)(H,35,37)/t23?,25?,26-,27-/m0/s1. The molecule has 1 aromatic heterocycles. The second kappa shape index (κ2) is 13.8. The average Bonchev–Trinajstić information content (AvgIpc) is 3.60. The number of H-pyrrole nitrogens is 1. The van der Waals surface area contributed by atoms with Crippen molar-refractivity contribution in [2.75, 3.05) is 6.54 Å². The van der Waals surface area contributed by atoms with Crippen LogP contribution >= 0.6 is 0 Å². The van der Waals surface area contributed by atoms with E-state index < -0.39 is 43.0 Å². The van der Waals surface area contributed by atoms with Crippen molar-refractivity contribution in [2.45, 2.75) is 70.0 Å². The highest BCUT2D eigenvalue weighted by atomic mass is 16.4. The Balaban J connectivity index is 1.46. The van der Waals surface area contributed by atoms with Gasteiger partial charge in [-0.2, -0.15) is 0 Å². The molecule has 41 heavy (non-hydrogen) atoms. The van der Waals surface area contributed by atoms with Crippen LogP contribution in [-0.4, -0.2) is 75.4 Å². The number of benzene rings is 2. The molecule has 0 radical (unpaired) electrons. The number of aromatic nitrogens is 1. The third-order valence-electron chi connectivity index (χ3n) is 7.60. The second-order valence-electron chi connectivity index (χ2n) is 11.3. The summed E-state index contributed by atoms with van der Waals surface area (Å²) in [6.45, 7) is 4.24. The monoisotopic (exact) mass is 561 g/mol. The molecule has 2 aromatic carbocycles. The normalized spacial score (nSPS) is 17.3. The Morgan fingerprint density at radius 1 is 1.05 bits per heavy atom. The van der Waals surface area contributed by atoms with Crippen LogP contribution in [-0.2, 0) is 27.2 Å². The summed E-state index contributed by atoms with van der Waals surface area (Å²) in [4.78, 5) is 45.0. The lowest BCUT2D eigenvalue weighted by Crippen LogP contribution is -2.58. The number of nitrogens with zero attached hydrogens (tertiary/aromatic N) is 1. The predicted molar refractivity (Wildman–Crippen MR) is 158 cm³/mol. The Morgan fingerprint density at radius 2 is 1.76 bits per heavy atom. The smallest absolute Gasteiger partial charge is 0.426 e. The lowest BCUT2D eigenvalue weighted by molar-refractivity contribution is -0.140. The van der Waals surface area contributed by atoms with E-state index >= 15 is 0 Å². The van der Waals surface area contributed by atoms with Crippen LogP contribution in [0.5, 0.6) is 0 Å². The zero-order valence-electron chi connectivity index (χ0n) is 23.6. The van der Waals surface area contributed by atoms with Gasteiger partial charge in [0.05, 0.1) is 12.0 Å². The number of carbonyl (C=O) groups is 3. The number of para-hydroxylation sites is 1. The Kier molecular flexibility index (Phi) is 10.2. The number of rotatable bonds is 12. The van der Waals surface area contributed by atoms with Crippen LogP contribution in [0.25, 0.3) is 10.9 Å². The molecular formula is C30H40BN5O5. The zero-order valence-corrected chi connectivity index (χ0v) is 23.6. The fraction of sp³-hybridized carbons (Fsp3) is 0.433. The molecule has 3 amide bonds. The summed E-state index contributed by atoms with van der Waals surface area (Å²) >= 11 is 0. The number of amides is 3. The van der Waals surface area contributed by atoms with E-state index in [0.717, 1.165) is 22.0 Å². The maximum Gasteiger partial charge on any atom is 0.475 e. The summed E-state index contributed by atoms with van der Waals surface area (Å²) in [6.07, 6.45) is 3.85. The van der Waals surface area contributed by atoms with Crippen LogP contribution in [0.3, 0.4) is 0 Å². The topological polar surface area (TPSA) is 161 Å². The molecule has 11 heteroatoms. The van der Waals surface area contributed by atoms with Gasteiger partial charge in [0.1, 0.15) is 12.1 Å². The second-order valence-corrected chi connectivity index (χ2v) is 11.3. The fourth-order valence-electron chi connectivity index (χ4n) is 5.51. The van der Waals surface area contributed by atoms with E-state index in [9.17, 15) is 24.4 Å². The van der Waals surface area contributed by atoms with E-state index in [0.29, 0.717) is 32.2 Å². The molecule has 0 saturated carbocycles. The number of aromatic amines is 1. The van der Waals surface area contributed by atoms with Gasteiger partial charge < -0.3 is 36.3 Å². The summed E-state index contributed by atoms with van der Waals surface area (Å²) in [7, 11) is -1.74. The number of hydrogen-bond acceptors (Lipinski definition) is 6. The Morgan fingerprint density at radius 3 is 2.46 bits per heavy atom. The van der Waals surface area contributed by atoms with Gasteiger partial charge in [0.25, 0.3) is 0 Å². The van der Waals surface area contributed by atoms with Crippen LogP contribution in [0.1, 0.15) is 44.2 Å². The summed E-state index contributed by atoms with van der Waals surface area (Å²) in [6, 6.07) is 14.5. The molecule has 1 fully saturated rings. The molecule has 3 aromatic rings. The van der Waals surface area contributed by atoms with Crippen molar-refractivity contribution in [3.8, 4) is 0 Å². The average molecular weight is 561 g/mol. The van der Waals surface area contributed by atoms with Crippen LogP contribution in [0.15, 0.2) is 60.8 Å². The molecule has 10 nitrogen and oxygen atoms in total. The van der Waals surface area contributed by atoms with Crippen molar-refractivity contribution in [3.63, 3.8) is 0 Å². The molecular weight excluding hydrogens is 521 g/mol. The first-order chi connectivity index (χ1) is 19.6. The molecule has 218 valence electrons. The van der Waals surface area contributed by atoms with Gasteiger partial charge in [0, 0.05) is 30.1 Å². The van der Waals surface area contributed by atoms with E-state index in [4.69, 9.17) is 5.73 Å². The summed E-state index contributed by atoms with van der Waals surface area (Å²) in [5.74, 6) is -2.04. The molecule has 7 N–H and O–H groups in total. The van der Waals surface area contributed by atoms with Crippen molar-refractivity contribution in [2.24, 2.45) is 11.7 Å². The van der Waals surface area contributed by atoms with E-state index in [1.807, 2.05) is 74.6 Å². The number of nitrogens with one attached hydrogen (secondary N) is 3. The summed E-state index contributed by atoms with van der Waals surface area (Å²) in [5, 5.41) is 26.2. The Hall–Kier alpha value is -3.67. The van der Waals surface area contributed by atoms with Gasteiger partial charge in [-0.15, -0.1) is 0 Å². The van der Waals surface area contributed by atoms with Gasteiger partial charge in [-0.1, -0.05) is 62.4 Å². The molecule has 1 saturated heterocycles. The number of likely N-dealkylation sites (tertiary alicyclic amines) is 1. The lowest BCUT2D eigenvalue weighted by atomic mass is 9.75. The van der Waals surface area contributed by atoms with Crippen LogP contribution in [0.2, 0.25) is 0 Å². The van der Waals surface area contributed by atoms with Crippen molar-refractivity contribution >= 4 is 35.7 Å². The van der Waals surface area contributed by atoms with Crippen molar-refractivity contribution in [1.82, 2.24) is 20.5 Å². The first-order valence-corrected chi connectivity index (χ1v) is 14.3. The maximum absolute atomic E-state index is 13.5. The van der Waals surface area contributed by atoms with Gasteiger partial charge in [-0.3, -0.25) is 14.4 Å². The summed E-state index contributed by atoms with van der Waals surface area (Å²) in [5.41, 5.74) is 9.10. The first-order valence-electron chi connectivity index (χ1n) is 14.3. The minimum atomic E-state index is -1.74. The van der Waals surface area contributed by atoms with E-state index in [1.165, 1.54) is 4.90 Å². The third-order valence-corrected chi connectivity index (χ3v) is 7.60. The molecule has 0 spiro atoms. The molecule has 0 bridgehead atoms. The molecule has 4 atom stereocenters. The highest BCUT2D eigenvalue weighted by molar-refractivity contribution is 6.43. The van der Waals surface area contributed by atoms with Crippen LogP contribution < -0.4 is 16.4 Å². The van der Waals surface area contributed by atoms with Gasteiger partial charge in [-0.25, -0.2) is 0 Å². The zero-order chi connectivity index (χ0) is 29.5. The highest BCUT2D eigenvalue weighted by Gasteiger charge is 2.38. The molecule has 0 aliphatic carbocycles. The number of nitrogens with two attached hydrogens (primary N) is 1. The third kappa shape index (κ3) is 7.75. The fourth-order valence-corrected chi connectivity index (χ4v) is 5.51. The highest BCUT2D eigenvalue weighted by Crippen LogP contribution is 2.22. The van der Waals surface area contributed by atoms with Gasteiger partial charge >= 0.3 is 7.12 Å². The van der Waals surface area contributed by atoms with E-state index in [2.05, 4.69) is 15.6 Å². The lowest BCUT2D eigenvalue weighted by Gasteiger charge is -2.29. The predicted octanol–water partition coefficient (Wildman–Crippen LogP) is 1.30. The molecule has 1 aliphatic rings. The number of hydrogen-bond donors (Lipinski definition) is 6. The van der Waals surface area contributed by atoms with Crippen LogP contribution in [0, 0.1) is 5.92 Å². The van der Waals surface area contributed by atoms with Gasteiger partial charge in [-0.05, 0) is 48.8 Å². The molecule has 1 aliphatic heterocycles. The number of fused-ring (bicyclic) bond motifs is 1. The molecule has 2 unspecified atom stereocenters. The maximum atomic E-state index is 13.5. The van der Waals surface area contributed by atoms with Gasteiger partial charge in [0.2, 0.25) is 17.7 Å². The van der Waals surface area contributed by atoms with Gasteiger partial charge in [0.15, 0.2) is 0 Å².